The van der Waals surface area contributed by atoms with Crippen LogP contribution in [0.15, 0.2) is 33.0 Å². The zero-order chi connectivity index (χ0) is 15.0. The molecular weight excluding hydrogens is 356 g/mol. The summed E-state index contributed by atoms with van der Waals surface area (Å²) in [6, 6.07) is 6.24. The van der Waals surface area contributed by atoms with E-state index in [0.717, 1.165) is 11.4 Å². The van der Waals surface area contributed by atoms with Gasteiger partial charge in [0.2, 0.25) is 0 Å². The van der Waals surface area contributed by atoms with Crippen LogP contribution in [0.4, 0.5) is 21.5 Å². The number of nitrogens with zero attached hydrogens (tertiary/aromatic N) is 2. The molecule has 1 aliphatic rings. The van der Waals surface area contributed by atoms with Crippen molar-refractivity contribution < 1.29 is 4.39 Å². The van der Waals surface area contributed by atoms with Gasteiger partial charge in [-0.1, -0.05) is 46.9 Å². The van der Waals surface area contributed by atoms with E-state index in [0.29, 0.717) is 39.2 Å². The minimum atomic E-state index is -0.460. The SMILES string of the molecule is Fc1cccc(CNc2c(Cl)cc(Cl)c3c2N=S=N3)c1Cl. The van der Waals surface area contributed by atoms with Gasteiger partial charge in [0.1, 0.15) is 17.2 Å². The second kappa shape index (κ2) is 5.93. The topological polar surface area (TPSA) is 36.8 Å². The summed E-state index contributed by atoms with van der Waals surface area (Å²) in [5, 5.41) is 4.07. The Hall–Kier alpha value is -1.14. The fraction of sp³-hybridized carbons (Fsp3) is 0.0769. The van der Waals surface area contributed by atoms with Crippen LogP contribution in [0.25, 0.3) is 0 Å². The van der Waals surface area contributed by atoms with Crippen LogP contribution in [0.5, 0.6) is 0 Å². The molecule has 0 unspecified atom stereocenters. The monoisotopic (exact) mass is 361 g/mol. The van der Waals surface area contributed by atoms with Gasteiger partial charge in [-0.05, 0) is 17.7 Å². The van der Waals surface area contributed by atoms with Gasteiger partial charge < -0.3 is 5.32 Å². The van der Waals surface area contributed by atoms with Gasteiger partial charge >= 0.3 is 0 Å². The average molecular weight is 363 g/mol. The molecule has 0 aromatic heterocycles. The molecule has 1 heterocycles. The molecule has 0 bridgehead atoms. The third kappa shape index (κ3) is 2.79. The molecule has 108 valence electrons. The highest BCUT2D eigenvalue weighted by Gasteiger charge is 2.18. The first-order valence-electron chi connectivity index (χ1n) is 5.85. The number of hydrogen-bond donors (Lipinski definition) is 1. The Kier molecular flexibility index (Phi) is 4.17. The summed E-state index contributed by atoms with van der Waals surface area (Å²) in [5.74, 6) is -0.460. The molecule has 2 aromatic carbocycles. The first-order chi connectivity index (χ1) is 10.1. The lowest BCUT2D eigenvalue weighted by Crippen LogP contribution is -2.02. The van der Waals surface area contributed by atoms with Crippen LogP contribution in [0, 0.1) is 5.82 Å². The first-order valence-corrected chi connectivity index (χ1v) is 7.71. The van der Waals surface area contributed by atoms with Crippen LogP contribution in [-0.2, 0) is 17.9 Å². The average Bonchev–Trinajstić information content (AvgIpc) is 2.92. The Labute approximate surface area is 138 Å². The maximum atomic E-state index is 13.4. The van der Waals surface area contributed by atoms with E-state index in [4.69, 9.17) is 34.8 Å². The van der Waals surface area contributed by atoms with Crippen LogP contribution in [-0.4, -0.2) is 0 Å². The van der Waals surface area contributed by atoms with Crippen LogP contribution in [0.1, 0.15) is 5.56 Å². The Morgan fingerprint density at radius 2 is 1.86 bits per heavy atom. The summed E-state index contributed by atoms with van der Waals surface area (Å²) < 4.78 is 21.7. The Morgan fingerprint density at radius 1 is 1.10 bits per heavy atom. The number of benzene rings is 2. The molecule has 0 radical (unpaired) electrons. The van der Waals surface area contributed by atoms with Gasteiger partial charge in [-0.15, -0.1) is 0 Å². The van der Waals surface area contributed by atoms with Crippen molar-refractivity contribution in [2.75, 3.05) is 5.32 Å². The fourth-order valence-electron chi connectivity index (χ4n) is 1.91. The largest absolute Gasteiger partial charge is 0.378 e. The summed E-state index contributed by atoms with van der Waals surface area (Å²) in [6.45, 7) is 0.310. The zero-order valence-corrected chi connectivity index (χ0v) is 13.4. The van der Waals surface area contributed by atoms with Gasteiger partial charge in [0.25, 0.3) is 0 Å². The molecule has 0 spiro atoms. The summed E-state index contributed by atoms with van der Waals surface area (Å²) in [7, 11) is 0. The van der Waals surface area contributed by atoms with Crippen molar-refractivity contribution in [2.24, 2.45) is 8.73 Å². The van der Waals surface area contributed by atoms with Gasteiger partial charge in [0, 0.05) is 6.54 Å². The molecule has 2 aromatic rings. The smallest absolute Gasteiger partial charge is 0.142 e. The summed E-state index contributed by atoms with van der Waals surface area (Å²) in [4.78, 5) is 0. The van der Waals surface area contributed by atoms with E-state index in [9.17, 15) is 4.39 Å². The summed E-state index contributed by atoms with van der Waals surface area (Å²) in [6.07, 6.45) is 0. The summed E-state index contributed by atoms with van der Waals surface area (Å²) >= 11 is 19.2. The number of rotatable bonds is 3. The van der Waals surface area contributed by atoms with Crippen molar-refractivity contribution in [1.82, 2.24) is 0 Å². The molecule has 3 rings (SSSR count). The van der Waals surface area contributed by atoms with E-state index in [2.05, 4.69) is 14.0 Å². The molecule has 0 saturated heterocycles. The van der Waals surface area contributed by atoms with Crippen LogP contribution in [0.2, 0.25) is 15.1 Å². The van der Waals surface area contributed by atoms with Gasteiger partial charge in [0.15, 0.2) is 0 Å². The van der Waals surface area contributed by atoms with Gasteiger partial charge in [-0.3, -0.25) is 0 Å². The van der Waals surface area contributed by atoms with Gasteiger partial charge in [-0.25, -0.2) is 4.39 Å². The fourth-order valence-corrected chi connectivity index (χ4v) is 3.28. The maximum absolute atomic E-state index is 13.4. The van der Waals surface area contributed by atoms with E-state index >= 15 is 0 Å². The Bertz CT molecular complexity index is 804. The lowest BCUT2D eigenvalue weighted by atomic mass is 10.2. The lowest BCUT2D eigenvalue weighted by molar-refractivity contribution is 0.626. The molecule has 8 heteroatoms. The van der Waals surface area contributed by atoms with Crippen molar-refractivity contribution in [1.29, 1.82) is 0 Å². The number of fused-ring (bicyclic) bond motifs is 1. The Morgan fingerprint density at radius 3 is 2.67 bits per heavy atom. The van der Waals surface area contributed by atoms with Crippen LogP contribution >= 0.6 is 34.8 Å². The minimum absolute atomic E-state index is 0.0859. The van der Waals surface area contributed by atoms with Crippen LogP contribution < -0.4 is 5.32 Å². The lowest BCUT2D eigenvalue weighted by Gasteiger charge is -2.13. The highest BCUT2D eigenvalue weighted by molar-refractivity contribution is 7.58. The maximum Gasteiger partial charge on any atom is 0.142 e. The number of halogens is 4. The van der Waals surface area contributed by atoms with Gasteiger partial charge in [0.05, 0.1) is 32.1 Å². The van der Waals surface area contributed by atoms with E-state index in [1.165, 1.54) is 6.07 Å². The number of nitrogens with one attached hydrogen (secondary N) is 1. The quantitative estimate of drug-likeness (QED) is 0.598. The molecule has 1 aliphatic heterocycles. The second-order valence-electron chi connectivity index (χ2n) is 4.24. The number of hydrogen-bond acceptors (Lipinski definition) is 3. The molecule has 0 fully saturated rings. The predicted octanol–water partition coefficient (Wildman–Crippen LogP) is 6.12. The van der Waals surface area contributed by atoms with E-state index in [1.54, 1.807) is 18.2 Å². The van der Waals surface area contributed by atoms with E-state index in [-0.39, 0.29) is 5.02 Å². The number of anilines is 1. The highest BCUT2D eigenvalue weighted by Crippen LogP contribution is 2.47. The third-order valence-electron chi connectivity index (χ3n) is 2.93. The standard InChI is InChI=1S/C13H7Cl3FN3S/c14-7-4-8(15)12-13(20-21-19-12)11(7)18-5-6-2-1-3-9(17)10(6)16/h1-4,18H,5H2. The molecule has 0 saturated carbocycles. The molecule has 0 atom stereocenters. The highest BCUT2D eigenvalue weighted by atomic mass is 35.5. The van der Waals surface area contributed by atoms with Crippen molar-refractivity contribution in [3.63, 3.8) is 0 Å². The molecular formula is C13H7Cl3FN3S. The minimum Gasteiger partial charge on any atom is -0.378 e. The zero-order valence-electron chi connectivity index (χ0n) is 10.3. The molecule has 3 nitrogen and oxygen atoms in total. The normalized spacial score (nSPS) is 12.2. The molecule has 0 amide bonds. The van der Waals surface area contributed by atoms with Crippen molar-refractivity contribution >= 4 is 63.2 Å². The van der Waals surface area contributed by atoms with Crippen molar-refractivity contribution in [2.45, 2.75) is 6.54 Å². The second-order valence-corrected chi connectivity index (χ2v) is 5.96. The molecule has 21 heavy (non-hydrogen) atoms. The predicted molar refractivity (Wildman–Crippen MR) is 86.7 cm³/mol. The molecule has 0 aliphatic carbocycles. The van der Waals surface area contributed by atoms with Crippen molar-refractivity contribution in [3.05, 3.63) is 50.7 Å². The first kappa shape index (κ1) is 14.8. The molecule has 1 N–H and O–H groups in total. The third-order valence-corrected chi connectivity index (χ3v) is 4.47. The summed E-state index contributed by atoms with van der Waals surface area (Å²) in [5.41, 5.74) is 2.40. The van der Waals surface area contributed by atoms with E-state index in [1.807, 2.05) is 0 Å². The van der Waals surface area contributed by atoms with Crippen LogP contribution in [0.3, 0.4) is 0 Å². The van der Waals surface area contributed by atoms with Gasteiger partial charge in [-0.2, -0.15) is 8.73 Å². The van der Waals surface area contributed by atoms with E-state index < -0.39 is 5.82 Å². The van der Waals surface area contributed by atoms with Crippen molar-refractivity contribution in [3.8, 4) is 0 Å². The Balaban J connectivity index is 1.92.